The Morgan fingerprint density at radius 3 is 2.72 bits per heavy atom. The van der Waals surface area contributed by atoms with Gasteiger partial charge in [-0.1, -0.05) is 22.0 Å². The van der Waals surface area contributed by atoms with Crippen molar-refractivity contribution in [2.45, 2.75) is 13.5 Å². The Balaban J connectivity index is 2.49. The van der Waals surface area contributed by atoms with Crippen LogP contribution in [-0.2, 0) is 16.1 Å². The number of nitrogens with two attached hydrogens (primary N) is 1. The molecule has 3 N–H and O–H groups in total. The van der Waals surface area contributed by atoms with Crippen LogP contribution < -0.4 is 11.3 Å². The van der Waals surface area contributed by atoms with Gasteiger partial charge in [-0.15, -0.1) is 0 Å². The van der Waals surface area contributed by atoms with Crippen molar-refractivity contribution in [2.75, 3.05) is 19.8 Å². The molecule has 0 bridgehead atoms. The molecule has 0 radical (unpaired) electrons. The zero-order valence-corrected chi connectivity index (χ0v) is 11.8. The first kappa shape index (κ1) is 15.1. The van der Waals surface area contributed by atoms with Gasteiger partial charge in [-0.2, -0.15) is 0 Å². The molecule has 0 saturated carbocycles. The second-order valence-electron chi connectivity index (χ2n) is 3.53. The third-order valence-electron chi connectivity index (χ3n) is 2.28. The highest BCUT2D eigenvalue weighted by Gasteiger charge is 2.07. The normalized spacial score (nSPS) is 10.4. The zero-order valence-electron chi connectivity index (χ0n) is 10.2. The maximum absolute atomic E-state index is 11.3. The highest BCUT2D eigenvalue weighted by molar-refractivity contribution is 9.10. The van der Waals surface area contributed by atoms with Crippen LogP contribution in [0.5, 0.6) is 0 Å². The summed E-state index contributed by atoms with van der Waals surface area (Å²) in [7, 11) is 0. The van der Waals surface area contributed by atoms with Crippen molar-refractivity contribution in [3.05, 3.63) is 33.8 Å². The van der Waals surface area contributed by atoms with Crippen LogP contribution in [0.15, 0.2) is 22.7 Å². The number of rotatable bonds is 7. The Hall–Kier alpha value is -0.950. The molecule has 1 amide bonds. The van der Waals surface area contributed by atoms with Gasteiger partial charge in [0.1, 0.15) is 0 Å². The van der Waals surface area contributed by atoms with E-state index in [-0.39, 0.29) is 5.91 Å². The van der Waals surface area contributed by atoms with Crippen LogP contribution in [-0.4, -0.2) is 25.7 Å². The summed E-state index contributed by atoms with van der Waals surface area (Å²) in [6.07, 6.45) is 0. The van der Waals surface area contributed by atoms with E-state index in [1.54, 1.807) is 12.1 Å². The lowest BCUT2D eigenvalue weighted by Gasteiger charge is -2.08. The molecule has 0 aliphatic carbocycles. The van der Waals surface area contributed by atoms with Crippen LogP contribution in [0.25, 0.3) is 0 Å². The van der Waals surface area contributed by atoms with Crippen molar-refractivity contribution in [1.82, 2.24) is 5.43 Å². The summed E-state index contributed by atoms with van der Waals surface area (Å²) in [6, 6.07) is 5.24. The van der Waals surface area contributed by atoms with Crippen LogP contribution in [0.1, 0.15) is 22.8 Å². The molecule has 0 heterocycles. The molecule has 1 aromatic rings. The van der Waals surface area contributed by atoms with E-state index < -0.39 is 0 Å². The summed E-state index contributed by atoms with van der Waals surface area (Å²) in [5, 5.41) is 0. The van der Waals surface area contributed by atoms with Crippen LogP contribution >= 0.6 is 15.9 Å². The molecule has 0 saturated heterocycles. The average Bonchev–Trinajstić information content (AvgIpc) is 2.39. The molecular weight excluding hydrogens is 300 g/mol. The fourth-order valence-electron chi connectivity index (χ4n) is 1.33. The highest BCUT2D eigenvalue weighted by Crippen LogP contribution is 2.19. The topological polar surface area (TPSA) is 73.6 Å². The van der Waals surface area contributed by atoms with E-state index in [1.165, 1.54) is 0 Å². The zero-order chi connectivity index (χ0) is 13.4. The van der Waals surface area contributed by atoms with E-state index >= 15 is 0 Å². The predicted octanol–water partition coefficient (Wildman–Crippen LogP) is 1.61. The van der Waals surface area contributed by atoms with Gasteiger partial charge in [-0.05, 0) is 24.6 Å². The van der Waals surface area contributed by atoms with Gasteiger partial charge in [0.2, 0.25) is 0 Å². The van der Waals surface area contributed by atoms with Gasteiger partial charge in [-0.25, -0.2) is 5.84 Å². The van der Waals surface area contributed by atoms with E-state index in [2.05, 4.69) is 21.4 Å². The van der Waals surface area contributed by atoms with E-state index in [9.17, 15) is 4.79 Å². The minimum Gasteiger partial charge on any atom is -0.379 e. The number of ether oxygens (including phenoxy) is 2. The molecule has 5 nitrogen and oxygen atoms in total. The van der Waals surface area contributed by atoms with E-state index in [1.807, 2.05) is 13.0 Å². The third-order valence-corrected chi connectivity index (χ3v) is 3.02. The summed E-state index contributed by atoms with van der Waals surface area (Å²) in [5.41, 5.74) is 3.56. The maximum Gasteiger partial charge on any atom is 0.265 e. The molecule has 0 atom stereocenters. The number of carbonyl (C=O) groups is 1. The number of nitrogens with one attached hydrogen (secondary N) is 1. The lowest BCUT2D eigenvalue weighted by molar-refractivity contribution is 0.0451. The first-order valence-corrected chi connectivity index (χ1v) is 6.43. The summed E-state index contributed by atoms with van der Waals surface area (Å²) in [4.78, 5) is 11.3. The Kier molecular flexibility index (Phi) is 6.89. The van der Waals surface area contributed by atoms with Crippen LogP contribution in [0.4, 0.5) is 0 Å². The van der Waals surface area contributed by atoms with Crippen molar-refractivity contribution in [2.24, 2.45) is 5.84 Å². The fraction of sp³-hybridized carbons (Fsp3) is 0.417. The number of amides is 1. The number of hydrogen-bond donors (Lipinski definition) is 2. The van der Waals surface area contributed by atoms with Crippen LogP contribution in [0.2, 0.25) is 0 Å². The number of hydrogen-bond acceptors (Lipinski definition) is 4. The standard InChI is InChI=1S/C12H17BrN2O3/c1-2-17-5-6-18-8-10-4-3-9(7-11(10)13)12(16)15-14/h3-4,7H,2,5-6,8,14H2,1H3,(H,15,16). The van der Waals surface area contributed by atoms with Gasteiger partial charge in [-0.3, -0.25) is 10.2 Å². The quantitative estimate of drug-likeness (QED) is 0.347. The maximum atomic E-state index is 11.3. The molecular formula is C12H17BrN2O3. The summed E-state index contributed by atoms with van der Waals surface area (Å²) in [5.74, 6) is 4.75. The molecule has 6 heteroatoms. The minimum atomic E-state index is -0.320. The Bertz CT molecular complexity index is 399. The lowest BCUT2D eigenvalue weighted by atomic mass is 10.1. The molecule has 18 heavy (non-hydrogen) atoms. The largest absolute Gasteiger partial charge is 0.379 e. The van der Waals surface area contributed by atoms with Crippen LogP contribution in [0.3, 0.4) is 0 Å². The van der Waals surface area contributed by atoms with E-state index in [4.69, 9.17) is 15.3 Å². The monoisotopic (exact) mass is 316 g/mol. The molecule has 100 valence electrons. The summed E-state index contributed by atoms with van der Waals surface area (Å²) < 4.78 is 11.4. The summed E-state index contributed by atoms with van der Waals surface area (Å²) in [6.45, 7) is 4.24. The molecule has 0 fully saturated rings. The third kappa shape index (κ3) is 4.73. The van der Waals surface area contributed by atoms with Crippen molar-refractivity contribution in [1.29, 1.82) is 0 Å². The number of hydrazine groups is 1. The highest BCUT2D eigenvalue weighted by atomic mass is 79.9. The van der Waals surface area contributed by atoms with Gasteiger partial charge in [0.05, 0.1) is 19.8 Å². The van der Waals surface area contributed by atoms with Crippen molar-refractivity contribution < 1.29 is 14.3 Å². The second-order valence-corrected chi connectivity index (χ2v) is 4.38. The molecule has 0 aliphatic heterocycles. The molecule has 1 rings (SSSR count). The van der Waals surface area contributed by atoms with Gasteiger partial charge in [0, 0.05) is 16.6 Å². The average molecular weight is 317 g/mol. The first-order valence-electron chi connectivity index (χ1n) is 5.64. The van der Waals surface area contributed by atoms with Crippen molar-refractivity contribution in [3.63, 3.8) is 0 Å². The number of halogens is 1. The second kappa shape index (κ2) is 8.20. The predicted molar refractivity (Wildman–Crippen MR) is 71.9 cm³/mol. The number of benzene rings is 1. The van der Waals surface area contributed by atoms with Gasteiger partial charge in [0.15, 0.2) is 0 Å². The molecule has 0 spiro atoms. The lowest BCUT2D eigenvalue weighted by Crippen LogP contribution is -2.29. The van der Waals surface area contributed by atoms with E-state index in [0.717, 1.165) is 10.0 Å². The van der Waals surface area contributed by atoms with Gasteiger partial charge >= 0.3 is 0 Å². The molecule has 1 aromatic carbocycles. The van der Waals surface area contributed by atoms with E-state index in [0.29, 0.717) is 32.0 Å². The van der Waals surface area contributed by atoms with Crippen LogP contribution in [0, 0.1) is 0 Å². The first-order chi connectivity index (χ1) is 8.69. The van der Waals surface area contributed by atoms with Crippen molar-refractivity contribution >= 4 is 21.8 Å². The Morgan fingerprint density at radius 1 is 1.39 bits per heavy atom. The molecule has 0 unspecified atom stereocenters. The van der Waals surface area contributed by atoms with Crippen molar-refractivity contribution in [3.8, 4) is 0 Å². The Morgan fingerprint density at radius 2 is 2.11 bits per heavy atom. The summed E-state index contributed by atoms with van der Waals surface area (Å²) >= 11 is 3.40. The molecule has 0 aromatic heterocycles. The molecule has 0 aliphatic rings. The van der Waals surface area contributed by atoms with Gasteiger partial charge < -0.3 is 9.47 Å². The SMILES string of the molecule is CCOCCOCc1ccc(C(=O)NN)cc1Br. The fourth-order valence-corrected chi connectivity index (χ4v) is 1.83. The Labute approximate surface area is 115 Å². The van der Waals surface area contributed by atoms with Gasteiger partial charge in [0.25, 0.3) is 5.91 Å². The minimum absolute atomic E-state index is 0.320. The smallest absolute Gasteiger partial charge is 0.265 e. The number of nitrogen functional groups attached to an aromatic ring is 1. The number of carbonyl (C=O) groups excluding carboxylic acids is 1.